The quantitative estimate of drug-likeness (QED) is 0.730. The number of nitrogens with one attached hydrogen (secondary N) is 2. The Morgan fingerprint density at radius 1 is 1.39 bits per heavy atom. The SMILES string of the molecule is C[C@H](NC(=O)c1ccco1)C(=O)O[C@H](C)C(=O)N1CCNC1=O. The zero-order valence-electron chi connectivity index (χ0n) is 12.7. The number of amides is 4. The van der Waals surface area contributed by atoms with Gasteiger partial charge in [-0.3, -0.25) is 14.5 Å². The van der Waals surface area contributed by atoms with E-state index in [-0.39, 0.29) is 12.3 Å². The van der Waals surface area contributed by atoms with Gasteiger partial charge in [-0.15, -0.1) is 0 Å². The Labute approximate surface area is 131 Å². The lowest BCUT2D eigenvalue weighted by molar-refractivity contribution is -0.158. The van der Waals surface area contributed by atoms with Gasteiger partial charge in [0.05, 0.1) is 6.26 Å². The minimum atomic E-state index is -1.13. The van der Waals surface area contributed by atoms with Gasteiger partial charge < -0.3 is 19.8 Å². The van der Waals surface area contributed by atoms with E-state index in [1.807, 2.05) is 0 Å². The Balaban J connectivity index is 1.86. The van der Waals surface area contributed by atoms with Crippen LogP contribution in [0.1, 0.15) is 24.4 Å². The molecule has 0 saturated carbocycles. The predicted molar refractivity (Wildman–Crippen MR) is 76.3 cm³/mol. The third-order valence-corrected chi connectivity index (χ3v) is 3.21. The Morgan fingerprint density at radius 3 is 2.70 bits per heavy atom. The van der Waals surface area contributed by atoms with E-state index in [2.05, 4.69) is 10.6 Å². The summed E-state index contributed by atoms with van der Waals surface area (Å²) in [7, 11) is 0. The highest BCUT2D eigenvalue weighted by molar-refractivity contribution is 5.99. The largest absolute Gasteiger partial charge is 0.459 e. The van der Waals surface area contributed by atoms with E-state index in [9.17, 15) is 19.2 Å². The minimum Gasteiger partial charge on any atom is -0.459 e. The number of hydrogen-bond acceptors (Lipinski definition) is 6. The van der Waals surface area contributed by atoms with Crippen LogP contribution in [0.15, 0.2) is 22.8 Å². The number of carbonyl (C=O) groups is 4. The van der Waals surface area contributed by atoms with E-state index >= 15 is 0 Å². The van der Waals surface area contributed by atoms with Gasteiger partial charge in [0.25, 0.3) is 11.8 Å². The number of urea groups is 1. The maximum Gasteiger partial charge on any atom is 0.329 e. The molecular weight excluding hydrogens is 306 g/mol. The molecule has 1 aromatic rings. The van der Waals surface area contributed by atoms with Gasteiger partial charge in [0, 0.05) is 13.1 Å². The average Bonchev–Trinajstić information content (AvgIpc) is 3.17. The first kappa shape index (κ1) is 16.5. The molecule has 124 valence electrons. The van der Waals surface area contributed by atoms with E-state index in [4.69, 9.17) is 9.15 Å². The van der Waals surface area contributed by atoms with E-state index < -0.39 is 36.0 Å². The lowest BCUT2D eigenvalue weighted by Gasteiger charge is -2.20. The molecule has 4 amide bonds. The molecule has 1 fully saturated rings. The van der Waals surface area contributed by atoms with Crippen LogP contribution in [0.4, 0.5) is 4.79 Å². The van der Waals surface area contributed by atoms with Gasteiger partial charge in [-0.2, -0.15) is 0 Å². The number of nitrogens with zero attached hydrogens (tertiary/aromatic N) is 1. The van der Waals surface area contributed by atoms with Gasteiger partial charge in [0.2, 0.25) is 0 Å². The van der Waals surface area contributed by atoms with Crippen LogP contribution in [0.2, 0.25) is 0 Å². The molecule has 9 nitrogen and oxygen atoms in total. The van der Waals surface area contributed by atoms with Crippen molar-refractivity contribution in [2.24, 2.45) is 0 Å². The van der Waals surface area contributed by atoms with Gasteiger partial charge in [-0.1, -0.05) is 0 Å². The molecule has 1 aliphatic rings. The zero-order chi connectivity index (χ0) is 17.0. The highest BCUT2D eigenvalue weighted by Crippen LogP contribution is 2.06. The Hall–Kier alpha value is -2.84. The molecule has 2 N–H and O–H groups in total. The molecule has 0 radical (unpaired) electrons. The number of carbonyl (C=O) groups excluding carboxylic acids is 4. The smallest absolute Gasteiger partial charge is 0.329 e. The van der Waals surface area contributed by atoms with Crippen molar-refractivity contribution < 1.29 is 28.3 Å². The van der Waals surface area contributed by atoms with Crippen LogP contribution in [0.25, 0.3) is 0 Å². The lowest BCUT2D eigenvalue weighted by atomic mass is 10.3. The van der Waals surface area contributed by atoms with Crippen molar-refractivity contribution in [3.63, 3.8) is 0 Å². The highest BCUT2D eigenvalue weighted by Gasteiger charge is 2.32. The summed E-state index contributed by atoms with van der Waals surface area (Å²) in [5.74, 6) is -1.91. The topological polar surface area (TPSA) is 118 Å². The summed E-state index contributed by atoms with van der Waals surface area (Å²) in [5, 5.41) is 4.87. The third-order valence-electron chi connectivity index (χ3n) is 3.21. The molecule has 2 atom stereocenters. The first-order valence-electron chi connectivity index (χ1n) is 7.04. The second-order valence-electron chi connectivity index (χ2n) is 4.97. The first-order chi connectivity index (χ1) is 10.9. The summed E-state index contributed by atoms with van der Waals surface area (Å²) < 4.78 is 9.90. The molecule has 0 aliphatic carbocycles. The number of esters is 1. The molecule has 2 rings (SSSR count). The van der Waals surface area contributed by atoms with Crippen LogP contribution in [-0.2, 0) is 14.3 Å². The van der Waals surface area contributed by atoms with E-state index in [0.29, 0.717) is 6.54 Å². The number of imide groups is 1. The summed E-state index contributed by atoms with van der Waals surface area (Å²) in [6.07, 6.45) is 0.203. The Bertz CT molecular complexity index is 612. The second-order valence-corrected chi connectivity index (χ2v) is 4.97. The second kappa shape index (κ2) is 6.95. The molecule has 23 heavy (non-hydrogen) atoms. The molecule has 2 heterocycles. The fourth-order valence-electron chi connectivity index (χ4n) is 1.96. The molecule has 0 aromatic carbocycles. The van der Waals surface area contributed by atoms with Gasteiger partial charge in [-0.25, -0.2) is 9.59 Å². The number of rotatable bonds is 5. The van der Waals surface area contributed by atoms with Crippen molar-refractivity contribution in [1.29, 1.82) is 0 Å². The van der Waals surface area contributed by atoms with Crippen molar-refractivity contribution in [1.82, 2.24) is 15.5 Å². The van der Waals surface area contributed by atoms with E-state index in [1.165, 1.54) is 26.2 Å². The third kappa shape index (κ3) is 3.87. The predicted octanol–water partition coefficient (Wildman–Crippen LogP) is -0.119. The normalized spacial score (nSPS) is 16.4. The molecule has 1 aromatic heterocycles. The van der Waals surface area contributed by atoms with Gasteiger partial charge in [-0.05, 0) is 26.0 Å². The number of furan rings is 1. The number of hydrogen-bond donors (Lipinski definition) is 2. The molecule has 0 spiro atoms. The summed E-state index contributed by atoms with van der Waals surface area (Å²) >= 11 is 0. The van der Waals surface area contributed by atoms with Crippen LogP contribution in [0, 0.1) is 0 Å². The van der Waals surface area contributed by atoms with E-state index in [1.54, 1.807) is 6.07 Å². The fourth-order valence-corrected chi connectivity index (χ4v) is 1.96. The summed E-state index contributed by atoms with van der Waals surface area (Å²) in [5.41, 5.74) is 0. The van der Waals surface area contributed by atoms with Crippen molar-refractivity contribution >= 4 is 23.8 Å². The van der Waals surface area contributed by atoms with Gasteiger partial charge in [0.15, 0.2) is 11.9 Å². The first-order valence-corrected chi connectivity index (χ1v) is 7.04. The maximum absolute atomic E-state index is 12.0. The molecule has 0 bridgehead atoms. The van der Waals surface area contributed by atoms with Crippen LogP contribution in [0.3, 0.4) is 0 Å². The van der Waals surface area contributed by atoms with Crippen molar-refractivity contribution in [2.75, 3.05) is 13.1 Å². The fraction of sp³-hybridized carbons (Fsp3) is 0.429. The molecule has 0 unspecified atom stereocenters. The molecule has 1 saturated heterocycles. The van der Waals surface area contributed by atoms with E-state index in [0.717, 1.165) is 4.90 Å². The van der Waals surface area contributed by atoms with Gasteiger partial charge >= 0.3 is 12.0 Å². The summed E-state index contributed by atoms with van der Waals surface area (Å²) in [6.45, 7) is 3.38. The van der Waals surface area contributed by atoms with Crippen molar-refractivity contribution in [3.05, 3.63) is 24.2 Å². The monoisotopic (exact) mass is 323 g/mol. The minimum absolute atomic E-state index is 0.0579. The maximum atomic E-state index is 12.0. The lowest BCUT2D eigenvalue weighted by Crippen LogP contribution is -2.45. The van der Waals surface area contributed by atoms with Crippen LogP contribution in [-0.4, -0.2) is 54.0 Å². The van der Waals surface area contributed by atoms with Crippen molar-refractivity contribution in [3.8, 4) is 0 Å². The molecule has 9 heteroatoms. The van der Waals surface area contributed by atoms with Crippen molar-refractivity contribution in [2.45, 2.75) is 26.0 Å². The van der Waals surface area contributed by atoms with Crippen LogP contribution >= 0.6 is 0 Å². The highest BCUT2D eigenvalue weighted by atomic mass is 16.5. The van der Waals surface area contributed by atoms with Crippen LogP contribution in [0.5, 0.6) is 0 Å². The summed E-state index contributed by atoms with van der Waals surface area (Å²) in [4.78, 5) is 48.1. The zero-order valence-corrected chi connectivity index (χ0v) is 12.7. The average molecular weight is 323 g/mol. The molecular formula is C14H17N3O6. The standard InChI is InChI=1S/C14H17N3O6/c1-8(16-11(18)10-4-3-7-22-10)13(20)23-9(2)12(19)17-6-5-15-14(17)21/h3-4,7-9H,5-6H2,1-2H3,(H,15,21)(H,16,18)/t8-,9+/m0/s1. The van der Waals surface area contributed by atoms with Gasteiger partial charge in [0.1, 0.15) is 6.04 Å². The number of ether oxygens (including phenoxy) is 1. The Morgan fingerprint density at radius 2 is 2.13 bits per heavy atom. The Kier molecular flexibility index (Phi) is 4.99. The van der Waals surface area contributed by atoms with Crippen LogP contribution < -0.4 is 10.6 Å². The summed E-state index contributed by atoms with van der Waals surface area (Å²) in [6, 6.07) is 1.50. The molecule has 1 aliphatic heterocycles.